The molecule has 0 bridgehead atoms. The topological polar surface area (TPSA) is 29.1 Å². The van der Waals surface area contributed by atoms with Crippen LogP contribution in [0.15, 0.2) is 18.2 Å². The van der Waals surface area contributed by atoms with E-state index in [9.17, 15) is 13.6 Å². The molecule has 1 fully saturated rings. The summed E-state index contributed by atoms with van der Waals surface area (Å²) in [5.41, 5.74) is 1.71. The van der Waals surface area contributed by atoms with E-state index >= 15 is 0 Å². The Hall–Kier alpha value is -1.89. The molecule has 94 valence electrons. The third kappa shape index (κ3) is 2.35. The third-order valence-electron chi connectivity index (χ3n) is 3.09. The lowest BCUT2D eigenvalue weighted by atomic mass is 9.88. The molecule has 0 spiro atoms. The van der Waals surface area contributed by atoms with E-state index in [1.54, 1.807) is 12.1 Å². The number of carbonyl (C=O) groups is 1. The van der Waals surface area contributed by atoms with Crippen molar-refractivity contribution in [2.45, 2.75) is 31.7 Å². The van der Waals surface area contributed by atoms with Gasteiger partial charge in [0.1, 0.15) is 0 Å². The summed E-state index contributed by atoms with van der Waals surface area (Å²) in [5.74, 6) is -0.560. The molecule has 0 atom stereocenters. The molecule has 0 radical (unpaired) electrons. The van der Waals surface area contributed by atoms with E-state index in [0.29, 0.717) is 11.1 Å². The van der Waals surface area contributed by atoms with Gasteiger partial charge in [0.15, 0.2) is 0 Å². The summed E-state index contributed by atoms with van der Waals surface area (Å²) in [6.45, 7) is 1.81. The first-order valence-corrected chi connectivity index (χ1v) is 5.68. The van der Waals surface area contributed by atoms with Crippen LogP contribution in [-0.2, 0) is 0 Å². The molecule has 1 aliphatic rings. The quantitative estimate of drug-likeness (QED) is 0.802. The Bertz CT molecular complexity index is 523. The van der Waals surface area contributed by atoms with Crippen LogP contribution < -0.4 is 5.32 Å². The summed E-state index contributed by atoms with van der Waals surface area (Å²) in [4.78, 5) is 11.9. The molecule has 1 aliphatic carbocycles. The van der Waals surface area contributed by atoms with Gasteiger partial charge in [-0.2, -0.15) is 0 Å². The lowest BCUT2D eigenvalue weighted by Gasteiger charge is -2.35. The Kier molecular flexibility index (Phi) is 3.08. The van der Waals surface area contributed by atoms with Crippen LogP contribution in [0.3, 0.4) is 0 Å². The average Bonchev–Trinajstić information content (AvgIpc) is 2.26. The number of alkyl halides is 2. The van der Waals surface area contributed by atoms with Gasteiger partial charge >= 0.3 is 0 Å². The van der Waals surface area contributed by atoms with Crippen LogP contribution in [0.25, 0.3) is 0 Å². The molecule has 1 aromatic rings. The molecule has 2 rings (SSSR count). The lowest BCUT2D eigenvalue weighted by molar-refractivity contribution is -0.0901. The number of hydrogen-bond donors (Lipinski definition) is 1. The molecule has 0 heterocycles. The highest BCUT2D eigenvalue weighted by atomic mass is 19.3. The number of halogens is 2. The fourth-order valence-electron chi connectivity index (χ4n) is 2.07. The van der Waals surface area contributed by atoms with Gasteiger partial charge in [0, 0.05) is 24.4 Å². The fourth-order valence-corrected chi connectivity index (χ4v) is 2.07. The SMILES string of the molecule is C#Cc1c(C)cccc1C(=O)NC1CC(F)(F)C1. The van der Waals surface area contributed by atoms with Gasteiger partial charge in [0.2, 0.25) is 0 Å². The second kappa shape index (κ2) is 4.41. The molecule has 0 unspecified atom stereocenters. The number of amides is 1. The number of nitrogens with one attached hydrogen (secondary N) is 1. The number of benzene rings is 1. The van der Waals surface area contributed by atoms with Crippen molar-refractivity contribution >= 4 is 5.91 Å². The van der Waals surface area contributed by atoms with E-state index in [1.807, 2.05) is 13.0 Å². The molecule has 4 heteroatoms. The first-order chi connectivity index (χ1) is 8.43. The number of terminal acetylenes is 1. The maximum atomic E-state index is 12.7. The molecule has 1 N–H and O–H groups in total. The van der Waals surface area contributed by atoms with Crippen molar-refractivity contribution in [3.8, 4) is 12.3 Å². The lowest BCUT2D eigenvalue weighted by Crippen LogP contribution is -2.50. The highest BCUT2D eigenvalue weighted by molar-refractivity contribution is 5.97. The minimum absolute atomic E-state index is 0.296. The predicted octanol–water partition coefficient (Wildman–Crippen LogP) is 2.50. The zero-order chi connectivity index (χ0) is 13.3. The van der Waals surface area contributed by atoms with Gasteiger partial charge in [0.05, 0.1) is 5.56 Å². The first kappa shape index (κ1) is 12.6. The van der Waals surface area contributed by atoms with Crippen molar-refractivity contribution in [1.82, 2.24) is 5.32 Å². The van der Waals surface area contributed by atoms with Crippen LogP contribution in [0.5, 0.6) is 0 Å². The Morgan fingerprint density at radius 1 is 1.50 bits per heavy atom. The van der Waals surface area contributed by atoms with Gasteiger partial charge < -0.3 is 5.32 Å². The fraction of sp³-hybridized carbons (Fsp3) is 0.357. The van der Waals surface area contributed by atoms with Crippen LogP contribution in [0.4, 0.5) is 8.78 Å². The van der Waals surface area contributed by atoms with Crippen LogP contribution in [-0.4, -0.2) is 17.9 Å². The van der Waals surface area contributed by atoms with E-state index in [-0.39, 0.29) is 18.7 Å². The second-order valence-corrected chi connectivity index (χ2v) is 4.58. The molecular formula is C14H13F2NO. The van der Waals surface area contributed by atoms with Crippen molar-refractivity contribution in [1.29, 1.82) is 0 Å². The summed E-state index contributed by atoms with van der Waals surface area (Å²) in [5, 5.41) is 2.58. The summed E-state index contributed by atoms with van der Waals surface area (Å²) in [7, 11) is 0. The summed E-state index contributed by atoms with van der Waals surface area (Å²) in [6.07, 6.45) is 4.77. The van der Waals surface area contributed by atoms with E-state index < -0.39 is 12.0 Å². The molecule has 1 amide bonds. The summed E-state index contributed by atoms with van der Waals surface area (Å²) < 4.78 is 25.3. The highest BCUT2D eigenvalue weighted by Gasteiger charge is 2.46. The van der Waals surface area contributed by atoms with Crippen LogP contribution in [0.1, 0.15) is 34.3 Å². The standard InChI is InChI=1S/C14H13F2NO/c1-3-11-9(2)5-4-6-12(11)13(18)17-10-7-14(15,16)8-10/h1,4-6,10H,7-8H2,2H3,(H,17,18). The van der Waals surface area contributed by atoms with Crippen molar-refractivity contribution in [2.75, 3.05) is 0 Å². The van der Waals surface area contributed by atoms with Gasteiger partial charge in [-0.15, -0.1) is 6.42 Å². The Labute approximate surface area is 104 Å². The van der Waals surface area contributed by atoms with Crippen LogP contribution in [0, 0.1) is 19.3 Å². The van der Waals surface area contributed by atoms with Crippen molar-refractivity contribution in [3.63, 3.8) is 0 Å². The molecule has 1 aromatic carbocycles. The van der Waals surface area contributed by atoms with Crippen molar-refractivity contribution in [2.24, 2.45) is 0 Å². The molecule has 1 saturated carbocycles. The predicted molar refractivity (Wildman–Crippen MR) is 64.5 cm³/mol. The Morgan fingerprint density at radius 3 is 2.72 bits per heavy atom. The van der Waals surface area contributed by atoms with E-state index in [4.69, 9.17) is 6.42 Å². The molecule has 0 aromatic heterocycles. The third-order valence-corrected chi connectivity index (χ3v) is 3.09. The van der Waals surface area contributed by atoms with Crippen LogP contribution in [0.2, 0.25) is 0 Å². The van der Waals surface area contributed by atoms with Gasteiger partial charge in [0.25, 0.3) is 11.8 Å². The zero-order valence-corrected chi connectivity index (χ0v) is 9.97. The second-order valence-electron chi connectivity index (χ2n) is 4.58. The van der Waals surface area contributed by atoms with Crippen molar-refractivity contribution < 1.29 is 13.6 Å². The molecular weight excluding hydrogens is 236 g/mol. The monoisotopic (exact) mass is 249 g/mol. The van der Waals surface area contributed by atoms with E-state index in [0.717, 1.165) is 5.56 Å². The van der Waals surface area contributed by atoms with Crippen molar-refractivity contribution in [3.05, 3.63) is 34.9 Å². The molecule has 18 heavy (non-hydrogen) atoms. The highest BCUT2D eigenvalue weighted by Crippen LogP contribution is 2.37. The van der Waals surface area contributed by atoms with Gasteiger partial charge in [-0.3, -0.25) is 4.79 Å². The molecule has 2 nitrogen and oxygen atoms in total. The number of rotatable bonds is 2. The van der Waals surface area contributed by atoms with Crippen LogP contribution >= 0.6 is 0 Å². The zero-order valence-electron chi connectivity index (χ0n) is 9.97. The van der Waals surface area contributed by atoms with E-state index in [2.05, 4.69) is 11.2 Å². The molecule has 0 aliphatic heterocycles. The maximum Gasteiger partial charge on any atom is 0.252 e. The van der Waals surface area contributed by atoms with Gasteiger partial charge in [-0.1, -0.05) is 18.1 Å². The number of aryl methyl sites for hydroxylation is 1. The summed E-state index contributed by atoms with van der Waals surface area (Å²) in [6, 6.07) is 4.68. The minimum atomic E-state index is -2.64. The Balaban J connectivity index is 2.11. The van der Waals surface area contributed by atoms with Gasteiger partial charge in [-0.25, -0.2) is 8.78 Å². The first-order valence-electron chi connectivity index (χ1n) is 5.68. The number of carbonyl (C=O) groups excluding carboxylic acids is 1. The average molecular weight is 249 g/mol. The largest absolute Gasteiger partial charge is 0.349 e. The Morgan fingerprint density at radius 2 is 2.17 bits per heavy atom. The summed E-state index contributed by atoms with van der Waals surface area (Å²) >= 11 is 0. The smallest absolute Gasteiger partial charge is 0.252 e. The normalized spacial score (nSPS) is 17.7. The molecule has 0 saturated heterocycles. The minimum Gasteiger partial charge on any atom is -0.349 e. The van der Waals surface area contributed by atoms with Gasteiger partial charge in [-0.05, 0) is 18.6 Å². The van der Waals surface area contributed by atoms with E-state index in [1.165, 1.54) is 0 Å². The number of hydrogen-bond acceptors (Lipinski definition) is 1. The maximum absolute atomic E-state index is 12.7.